The first kappa shape index (κ1) is 16.8. The van der Waals surface area contributed by atoms with Gasteiger partial charge in [0.15, 0.2) is 6.61 Å². The van der Waals surface area contributed by atoms with Crippen LogP contribution in [0.2, 0.25) is 0 Å². The van der Waals surface area contributed by atoms with Crippen molar-refractivity contribution in [1.29, 1.82) is 0 Å². The Morgan fingerprint density at radius 3 is 2.81 bits per heavy atom. The van der Waals surface area contributed by atoms with Gasteiger partial charge in [0.05, 0.1) is 0 Å². The van der Waals surface area contributed by atoms with E-state index in [2.05, 4.69) is 12.2 Å². The fourth-order valence-electron chi connectivity index (χ4n) is 1.69. The standard InChI is InChI=1S/C16H21NO4/c1-3-4-9-17-15(18)11-21-14-7-5-12(2)10-13(14)6-8-16(19)20/h5-8,10H,3-4,9,11H2,1-2H3,(H,17,18)(H,19,20). The Bertz CT molecular complexity index is 523. The quantitative estimate of drug-likeness (QED) is 0.569. The number of carbonyl (C=O) groups is 2. The van der Waals surface area contributed by atoms with Crippen LogP contribution in [-0.4, -0.2) is 30.1 Å². The molecule has 0 aromatic heterocycles. The number of carbonyl (C=O) groups excluding carboxylic acids is 1. The summed E-state index contributed by atoms with van der Waals surface area (Å²) in [6, 6.07) is 5.39. The lowest BCUT2D eigenvalue weighted by molar-refractivity contribution is -0.131. The normalized spacial score (nSPS) is 10.6. The molecule has 114 valence electrons. The van der Waals surface area contributed by atoms with Crippen molar-refractivity contribution in [1.82, 2.24) is 5.32 Å². The summed E-state index contributed by atoms with van der Waals surface area (Å²) in [4.78, 5) is 22.2. The second-order valence-corrected chi connectivity index (χ2v) is 4.71. The summed E-state index contributed by atoms with van der Waals surface area (Å²) < 4.78 is 5.46. The van der Waals surface area contributed by atoms with Crippen LogP contribution >= 0.6 is 0 Å². The molecule has 1 rings (SSSR count). The highest BCUT2D eigenvalue weighted by Crippen LogP contribution is 2.21. The van der Waals surface area contributed by atoms with Crippen LogP contribution in [0.15, 0.2) is 24.3 Å². The van der Waals surface area contributed by atoms with Crippen molar-refractivity contribution in [2.45, 2.75) is 26.7 Å². The fourth-order valence-corrected chi connectivity index (χ4v) is 1.69. The third-order valence-electron chi connectivity index (χ3n) is 2.78. The minimum atomic E-state index is -1.03. The molecule has 1 amide bonds. The molecule has 0 heterocycles. The third-order valence-corrected chi connectivity index (χ3v) is 2.78. The van der Waals surface area contributed by atoms with Gasteiger partial charge in [-0.15, -0.1) is 0 Å². The van der Waals surface area contributed by atoms with Crippen molar-refractivity contribution in [2.24, 2.45) is 0 Å². The molecule has 2 N–H and O–H groups in total. The molecule has 5 heteroatoms. The predicted molar refractivity (Wildman–Crippen MR) is 81.3 cm³/mol. The van der Waals surface area contributed by atoms with E-state index in [-0.39, 0.29) is 12.5 Å². The molecule has 0 aliphatic rings. The maximum absolute atomic E-state index is 11.6. The van der Waals surface area contributed by atoms with E-state index in [1.54, 1.807) is 6.07 Å². The molecule has 0 aliphatic carbocycles. The number of hydrogen-bond donors (Lipinski definition) is 2. The lowest BCUT2D eigenvalue weighted by Gasteiger charge is -2.10. The monoisotopic (exact) mass is 291 g/mol. The van der Waals surface area contributed by atoms with E-state index in [1.807, 2.05) is 19.1 Å². The zero-order valence-electron chi connectivity index (χ0n) is 12.4. The maximum atomic E-state index is 11.6. The van der Waals surface area contributed by atoms with Gasteiger partial charge in [0.2, 0.25) is 0 Å². The molecule has 5 nitrogen and oxygen atoms in total. The van der Waals surface area contributed by atoms with E-state index in [0.29, 0.717) is 17.9 Å². The highest BCUT2D eigenvalue weighted by atomic mass is 16.5. The van der Waals surface area contributed by atoms with Crippen LogP contribution in [0.5, 0.6) is 5.75 Å². The Morgan fingerprint density at radius 1 is 1.38 bits per heavy atom. The molecule has 0 spiro atoms. The van der Waals surface area contributed by atoms with Crippen LogP contribution in [0.3, 0.4) is 0 Å². The van der Waals surface area contributed by atoms with Crippen molar-refractivity contribution >= 4 is 18.0 Å². The van der Waals surface area contributed by atoms with Gasteiger partial charge in [0.1, 0.15) is 5.75 Å². The van der Waals surface area contributed by atoms with Crippen LogP contribution in [0, 0.1) is 6.92 Å². The zero-order chi connectivity index (χ0) is 15.7. The number of amides is 1. The Hall–Kier alpha value is -2.30. The number of carboxylic acids is 1. The zero-order valence-corrected chi connectivity index (χ0v) is 12.4. The van der Waals surface area contributed by atoms with Crippen LogP contribution in [0.4, 0.5) is 0 Å². The summed E-state index contributed by atoms with van der Waals surface area (Å²) >= 11 is 0. The molecule has 1 aromatic carbocycles. The van der Waals surface area contributed by atoms with Gasteiger partial charge >= 0.3 is 5.97 Å². The SMILES string of the molecule is CCCCNC(=O)COc1ccc(C)cc1C=CC(=O)O. The molecular weight excluding hydrogens is 270 g/mol. The Balaban J connectivity index is 2.65. The second kappa shape index (κ2) is 8.79. The minimum absolute atomic E-state index is 0.0827. The van der Waals surface area contributed by atoms with Gasteiger partial charge in [-0.1, -0.05) is 25.0 Å². The number of hydrogen-bond acceptors (Lipinski definition) is 3. The maximum Gasteiger partial charge on any atom is 0.328 e. The molecule has 0 saturated heterocycles. The smallest absolute Gasteiger partial charge is 0.328 e. The van der Waals surface area contributed by atoms with Gasteiger partial charge < -0.3 is 15.2 Å². The molecule has 0 bridgehead atoms. The lowest BCUT2D eigenvalue weighted by Crippen LogP contribution is -2.29. The van der Waals surface area contributed by atoms with E-state index in [4.69, 9.17) is 9.84 Å². The van der Waals surface area contributed by atoms with Crippen molar-refractivity contribution in [2.75, 3.05) is 13.2 Å². The molecular formula is C16H21NO4. The number of benzene rings is 1. The lowest BCUT2D eigenvalue weighted by atomic mass is 10.1. The van der Waals surface area contributed by atoms with Gasteiger partial charge in [-0.05, 0) is 31.6 Å². The van der Waals surface area contributed by atoms with Gasteiger partial charge in [0.25, 0.3) is 5.91 Å². The summed E-state index contributed by atoms with van der Waals surface area (Å²) in [6.07, 6.45) is 4.45. The summed E-state index contributed by atoms with van der Waals surface area (Å²) in [5, 5.41) is 11.4. The number of nitrogens with one attached hydrogen (secondary N) is 1. The highest BCUT2D eigenvalue weighted by Gasteiger charge is 2.06. The number of aliphatic carboxylic acids is 1. The summed E-state index contributed by atoms with van der Waals surface area (Å²) in [7, 11) is 0. The van der Waals surface area contributed by atoms with Crippen molar-refractivity contribution in [3.05, 3.63) is 35.4 Å². The first-order valence-corrected chi connectivity index (χ1v) is 6.94. The Labute approximate surface area is 124 Å². The van der Waals surface area contributed by atoms with Gasteiger partial charge in [-0.3, -0.25) is 4.79 Å². The molecule has 21 heavy (non-hydrogen) atoms. The van der Waals surface area contributed by atoms with E-state index < -0.39 is 5.97 Å². The molecule has 0 atom stereocenters. The Morgan fingerprint density at radius 2 is 2.14 bits per heavy atom. The van der Waals surface area contributed by atoms with Crippen LogP contribution < -0.4 is 10.1 Å². The molecule has 0 aliphatic heterocycles. The van der Waals surface area contributed by atoms with E-state index in [1.165, 1.54) is 6.08 Å². The first-order valence-electron chi connectivity index (χ1n) is 6.94. The second-order valence-electron chi connectivity index (χ2n) is 4.71. The number of unbranched alkanes of at least 4 members (excludes halogenated alkanes) is 1. The van der Waals surface area contributed by atoms with Crippen LogP contribution in [0.25, 0.3) is 6.08 Å². The van der Waals surface area contributed by atoms with Gasteiger partial charge in [0, 0.05) is 18.2 Å². The molecule has 0 unspecified atom stereocenters. The third kappa shape index (κ3) is 6.61. The number of ether oxygens (including phenoxy) is 1. The van der Waals surface area contributed by atoms with Crippen molar-refractivity contribution in [3.63, 3.8) is 0 Å². The number of aryl methyl sites for hydroxylation is 1. The van der Waals surface area contributed by atoms with Crippen molar-refractivity contribution < 1.29 is 19.4 Å². The molecule has 0 saturated carbocycles. The summed E-state index contributed by atoms with van der Waals surface area (Å²) in [5.74, 6) is -0.722. The predicted octanol–water partition coefficient (Wildman–Crippen LogP) is 2.39. The molecule has 1 aromatic rings. The summed E-state index contributed by atoms with van der Waals surface area (Å²) in [5.41, 5.74) is 1.62. The number of carboxylic acid groups (broad SMARTS) is 1. The average molecular weight is 291 g/mol. The molecule has 0 fully saturated rings. The number of rotatable bonds is 8. The molecule has 0 radical (unpaired) electrons. The van der Waals surface area contributed by atoms with Crippen LogP contribution in [-0.2, 0) is 9.59 Å². The van der Waals surface area contributed by atoms with Gasteiger partial charge in [-0.2, -0.15) is 0 Å². The van der Waals surface area contributed by atoms with Gasteiger partial charge in [-0.25, -0.2) is 4.79 Å². The minimum Gasteiger partial charge on any atom is -0.483 e. The summed E-state index contributed by atoms with van der Waals surface area (Å²) in [6.45, 7) is 4.51. The fraction of sp³-hybridized carbons (Fsp3) is 0.375. The average Bonchev–Trinajstić information content (AvgIpc) is 2.44. The van der Waals surface area contributed by atoms with E-state index in [9.17, 15) is 9.59 Å². The Kier molecular flexibility index (Phi) is 7.01. The highest BCUT2D eigenvalue weighted by molar-refractivity contribution is 5.86. The largest absolute Gasteiger partial charge is 0.483 e. The van der Waals surface area contributed by atoms with Crippen LogP contribution in [0.1, 0.15) is 30.9 Å². The van der Waals surface area contributed by atoms with E-state index >= 15 is 0 Å². The van der Waals surface area contributed by atoms with E-state index in [0.717, 1.165) is 24.5 Å². The topological polar surface area (TPSA) is 75.6 Å². The first-order chi connectivity index (χ1) is 10.0. The van der Waals surface area contributed by atoms with Crippen molar-refractivity contribution in [3.8, 4) is 5.75 Å².